The number of hydrogen-bond donors (Lipinski definition) is 1. The normalized spacial score (nSPS) is 18.7. The smallest absolute Gasteiger partial charge is 0.290 e. The third kappa shape index (κ3) is 4.22. The van der Waals surface area contributed by atoms with E-state index >= 15 is 0 Å². The summed E-state index contributed by atoms with van der Waals surface area (Å²) in [4.78, 5) is 21.3. The third-order valence-corrected chi connectivity index (χ3v) is 4.72. The van der Waals surface area contributed by atoms with Crippen molar-refractivity contribution in [3.8, 4) is 11.5 Å². The summed E-state index contributed by atoms with van der Waals surface area (Å²) in [5.74, 6) is 1.39. The highest BCUT2D eigenvalue weighted by Gasteiger charge is 2.31. The SMILES string of the molecule is CCn1cncc1-c1nccn1[C@@H]1COC[C@@H]1Cc1ccncc1.O=CO. The van der Waals surface area contributed by atoms with Crippen LogP contribution in [0.2, 0.25) is 0 Å². The number of rotatable bonds is 5. The highest BCUT2D eigenvalue weighted by atomic mass is 16.5. The van der Waals surface area contributed by atoms with E-state index in [0.29, 0.717) is 5.92 Å². The Labute approximate surface area is 157 Å². The van der Waals surface area contributed by atoms with Crippen LogP contribution in [0.5, 0.6) is 0 Å². The Balaban J connectivity index is 0.000000659. The first-order valence-electron chi connectivity index (χ1n) is 8.86. The van der Waals surface area contributed by atoms with Gasteiger partial charge in [-0.15, -0.1) is 0 Å². The van der Waals surface area contributed by atoms with Crippen molar-refractivity contribution in [2.24, 2.45) is 5.92 Å². The maximum absolute atomic E-state index is 8.36. The first kappa shape index (κ1) is 18.8. The lowest BCUT2D eigenvalue weighted by atomic mass is 9.95. The zero-order chi connectivity index (χ0) is 19.1. The number of aromatic nitrogens is 5. The summed E-state index contributed by atoms with van der Waals surface area (Å²) in [6.45, 7) is 4.24. The molecular weight excluding hydrogens is 346 g/mol. The Morgan fingerprint density at radius 1 is 1.26 bits per heavy atom. The summed E-state index contributed by atoms with van der Waals surface area (Å²) in [6.07, 6.45) is 12.3. The maximum Gasteiger partial charge on any atom is 0.290 e. The van der Waals surface area contributed by atoms with Gasteiger partial charge in [-0.3, -0.25) is 9.78 Å². The van der Waals surface area contributed by atoms with Gasteiger partial charge in [-0.1, -0.05) is 0 Å². The van der Waals surface area contributed by atoms with Crippen LogP contribution in [0.4, 0.5) is 0 Å². The Hall–Kier alpha value is -3.00. The number of aryl methyl sites for hydroxylation is 1. The summed E-state index contributed by atoms with van der Waals surface area (Å²) < 4.78 is 10.2. The molecule has 0 aromatic carbocycles. The monoisotopic (exact) mass is 369 g/mol. The first-order chi connectivity index (χ1) is 13.3. The Morgan fingerprint density at radius 2 is 2.04 bits per heavy atom. The largest absolute Gasteiger partial charge is 0.483 e. The van der Waals surface area contributed by atoms with Gasteiger partial charge in [0.2, 0.25) is 0 Å². The van der Waals surface area contributed by atoms with Gasteiger partial charge in [0.05, 0.1) is 31.8 Å². The average Bonchev–Trinajstić information content (AvgIpc) is 3.42. The molecule has 0 aliphatic carbocycles. The second-order valence-electron chi connectivity index (χ2n) is 6.25. The number of nitrogens with zero attached hydrogens (tertiary/aromatic N) is 5. The van der Waals surface area contributed by atoms with Gasteiger partial charge in [0.1, 0.15) is 5.69 Å². The van der Waals surface area contributed by atoms with E-state index in [-0.39, 0.29) is 12.5 Å². The third-order valence-electron chi connectivity index (χ3n) is 4.72. The number of hydrogen-bond acceptors (Lipinski definition) is 5. The van der Waals surface area contributed by atoms with Gasteiger partial charge >= 0.3 is 0 Å². The summed E-state index contributed by atoms with van der Waals surface area (Å²) >= 11 is 0. The predicted molar refractivity (Wildman–Crippen MR) is 99.1 cm³/mol. The van der Waals surface area contributed by atoms with Gasteiger partial charge in [-0.25, -0.2) is 9.97 Å². The molecule has 3 aromatic heterocycles. The lowest BCUT2D eigenvalue weighted by molar-refractivity contribution is -0.122. The molecule has 4 heterocycles. The summed E-state index contributed by atoms with van der Waals surface area (Å²) in [5, 5.41) is 6.89. The van der Waals surface area contributed by atoms with Gasteiger partial charge in [0.15, 0.2) is 5.82 Å². The molecule has 1 aliphatic heterocycles. The number of ether oxygens (including phenoxy) is 1. The van der Waals surface area contributed by atoms with Crippen LogP contribution in [0.3, 0.4) is 0 Å². The van der Waals surface area contributed by atoms with Crippen molar-refractivity contribution in [3.63, 3.8) is 0 Å². The van der Waals surface area contributed by atoms with Crippen LogP contribution in [0.1, 0.15) is 18.5 Å². The standard InChI is InChI=1S/C18H21N5O.CH2O2/c1-2-22-13-20-10-16(22)18-21-7-8-23(18)17-12-24-11-15(17)9-14-3-5-19-6-4-14;2-1-3/h3-8,10,13,15,17H,2,9,11-12H2,1H3;1H,(H,2,3)/t15-,17+;/m0./s1. The molecular formula is C19H23N5O3. The van der Waals surface area contributed by atoms with E-state index in [1.54, 1.807) is 0 Å². The van der Waals surface area contributed by atoms with Gasteiger partial charge < -0.3 is 19.0 Å². The molecule has 0 amide bonds. The highest BCUT2D eigenvalue weighted by Crippen LogP contribution is 2.32. The minimum absolute atomic E-state index is 0.250. The number of carbonyl (C=O) groups is 1. The molecule has 3 aromatic rings. The van der Waals surface area contributed by atoms with Crippen molar-refractivity contribution in [3.05, 3.63) is 55.0 Å². The number of imidazole rings is 2. The topological polar surface area (TPSA) is 95.1 Å². The Morgan fingerprint density at radius 3 is 2.78 bits per heavy atom. The fourth-order valence-corrected chi connectivity index (χ4v) is 3.45. The first-order valence-corrected chi connectivity index (χ1v) is 8.86. The zero-order valence-corrected chi connectivity index (χ0v) is 15.2. The lowest BCUT2D eigenvalue weighted by Crippen LogP contribution is -2.20. The molecule has 142 valence electrons. The van der Waals surface area contributed by atoms with E-state index in [1.165, 1.54) is 5.56 Å². The molecule has 0 spiro atoms. The maximum atomic E-state index is 8.36. The number of carboxylic acid groups (broad SMARTS) is 1. The molecule has 2 atom stereocenters. The van der Waals surface area contributed by atoms with Crippen LogP contribution in [0.25, 0.3) is 11.5 Å². The molecule has 0 radical (unpaired) electrons. The van der Waals surface area contributed by atoms with Crippen LogP contribution in [-0.2, 0) is 22.5 Å². The van der Waals surface area contributed by atoms with Crippen molar-refractivity contribution in [2.75, 3.05) is 13.2 Å². The molecule has 0 unspecified atom stereocenters. The van der Waals surface area contributed by atoms with Gasteiger partial charge in [-0.2, -0.15) is 0 Å². The van der Waals surface area contributed by atoms with E-state index < -0.39 is 0 Å². The predicted octanol–water partition coefficient (Wildman–Crippen LogP) is 2.29. The molecule has 1 N–H and O–H groups in total. The molecule has 8 nitrogen and oxygen atoms in total. The fraction of sp³-hybridized carbons (Fsp3) is 0.368. The van der Waals surface area contributed by atoms with Crippen molar-refractivity contribution in [1.82, 2.24) is 24.1 Å². The minimum Gasteiger partial charge on any atom is -0.483 e. The minimum atomic E-state index is -0.250. The van der Waals surface area contributed by atoms with E-state index in [1.807, 2.05) is 31.1 Å². The second kappa shape index (κ2) is 9.09. The fourth-order valence-electron chi connectivity index (χ4n) is 3.45. The quantitative estimate of drug-likeness (QED) is 0.694. The molecule has 8 heteroatoms. The van der Waals surface area contributed by atoms with Crippen LogP contribution in [0, 0.1) is 5.92 Å². The average molecular weight is 369 g/mol. The zero-order valence-electron chi connectivity index (χ0n) is 15.2. The van der Waals surface area contributed by atoms with Crippen LogP contribution < -0.4 is 0 Å². The van der Waals surface area contributed by atoms with Crippen molar-refractivity contribution < 1.29 is 14.6 Å². The van der Waals surface area contributed by atoms with Gasteiger partial charge in [0, 0.05) is 37.3 Å². The summed E-state index contributed by atoms with van der Waals surface area (Å²) in [5.41, 5.74) is 2.35. The number of pyridine rings is 1. The molecule has 0 saturated carbocycles. The van der Waals surface area contributed by atoms with Crippen molar-refractivity contribution >= 4 is 6.47 Å². The van der Waals surface area contributed by atoms with E-state index in [0.717, 1.165) is 37.7 Å². The van der Waals surface area contributed by atoms with E-state index in [2.05, 4.69) is 49.3 Å². The molecule has 1 fully saturated rings. The lowest BCUT2D eigenvalue weighted by Gasteiger charge is -2.21. The van der Waals surface area contributed by atoms with E-state index in [9.17, 15) is 0 Å². The Bertz CT molecular complexity index is 846. The summed E-state index contributed by atoms with van der Waals surface area (Å²) in [6, 6.07) is 4.45. The molecule has 0 bridgehead atoms. The Kier molecular flexibility index (Phi) is 6.32. The van der Waals surface area contributed by atoms with Gasteiger partial charge in [-0.05, 0) is 31.0 Å². The summed E-state index contributed by atoms with van der Waals surface area (Å²) in [7, 11) is 0. The van der Waals surface area contributed by atoms with Crippen molar-refractivity contribution in [2.45, 2.75) is 25.9 Å². The van der Waals surface area contributed by atoms with E-state index in [4.69, 9.17) is 14.6 Å². The van der Waals surface area contributed by atoms with Crippen molar-refractivity contribution in [1.29, 1.82) is 0 Å². The van der Waals surface area contributed by atoms with Gasteiger partial charge in [0.25, 0.3) is 6.47 Å². The molecule has 1 saturated heterocycles. The second-order valence-corrected chi connectivity index (χ2v) is 6.25. The van der Waals surface area contributed by atoms with Crippen LogP contribution >= 0.6 is 0 Å². The highest BCUT2D eigenvalue weighted by molar-refractivity contribution is 5.49. The molecule has 4 rings (SSSR count). The van der Waals surface area contributed by atoms with Crippen LogP contribution in [0.15, 0.2) is 49.4 Å². The molecule has 27 heavy (non-hydrogen) atoms. The van der Waals surface area contributed by atoms with Crippen LogP contribution in [-0.4, -0.2) is 48.9 Å². The molecule has 1 aliphatic rings.